The molecule has 0 spiro atoms. The third kappa shape index (κ3) is 7.46. The van der Waals surface area contributed by atoms with Crippen molar-refractivity contribution >= 4 is 17.1 Å². The van der Waals surface area contributed by atoms with Crippen molar-refractivity contribution in [2.75, 3.05) is 4.90 Å². The Labute approximate surface area is 359 Å². The van der Waals surface area contributed by atoms with Crippen molar-refractivity contribution in [3.05, 3.63) is 261 Å². The summed E-state index contributed by atoms with van der Waals surface area (Å²) in [5.74, 6) is 0. The second-order valence-corrected chi connectivity index (χ2v) is 15.2. The first-order valence-corrected chi connectivity index (χ1v) is 20.9. The molecule has 0 radical (unpaired) electrons. The lowest BCUT2D eigenvalue weighted by molar-refractivity contribution is 1.28. The zero-order valence-corrected chi connectivity index (χ0v) is 33.8. The van der Waals surface area contributed by atoms with E-state index in [1.165, 1.54) is 44.5 Å². The maximum absolute atomic E-state index is 2.50. The van der Waals surface area contributed by atoms with E-state index in [4.69, 9.17) is 0 Å². The fourth-order valence-electron chi connectivity index (χ4n) is 8.70. The van der Waals surface area contributed by atoms with Crippen molar-refractivity contribution in [3.63, 3.8) is 0 Å². The molecule has 10 rings (SSSR count). The molecule has 0 aliphatic carbocycles. The van der Waals surface area contributed by atoms with Gasteiger partial charge in [0.05, 0.1) is 11.4 Å². The summed E-state index contributed by atoms with van der Waals surface area (Å²) in [6, 6.07) is 94.1. The molecule has 0 fully saturated rings. The van der Waals surface area contributed by atoms with Gasteiger partial charge in [0, 0.05) is 22.4 Å². The van der Waals surface area contributed by atoms with Crippen LogP contribution in [0.25, 0.3) is 77.9 Å². The Morgan fingerprint density at radius 3 is 1.02 bits per heavy atom. The first-order valence-electron chi connectivity index (χ1n) is 20.9. The minimum Gasteiger partial charge on any atom is -0.309 e. The van der Waals surface area contributed by atoms with Crippen LogP contribution in [-0.4, -0.2) is 0 Å². The van der Waals surface area contributed by atoms with Crippen LogP contribution in [0.15, 0.2) is 261 Å². The standard InChI is InChI=1S/C60H43N/c1-6-22-44(23-7-1)51-32-16-18-35-56(51)57-36-19-17-33-52(57)48-38-40-50(41-39-48)61(58-37-21-20-34-53(58)45-24-8-2-9-25-45)60-55(47-28-12-4-13-29-47)43-42-54(46-26-10-3-11-27-46)59(60)49-30-14-5-15-31-49/h1-43H. The quantitative estimate of drug-likeness (QED) is 0.134. The fourth-order valence-corrected chi connectivity index (χ4v) is 8.70. The normalized spacial score (nSPS) is 11.0. The van der Waals surface area contributed by atoms with Crippen molar-refractivity contribution in [2.24, 2.45) is 0 Å². The van der Waals surface area contributed by atoms with Crippen LogP contribution < -0.4 is 4.90 Å². The Morgan fingerprint density at radius 1 is 0.197 bits per heavy atom. The molecular weight excluding hydrogens is 735 g/mol. The van der Waals surface area contributed by atoms with E-state index in [2.05, 4.69) is 266 Å². The third-order valence-corrected chi connectivity index (χ3v) is 11.5. The average molecular weight is 778 g/mol. The molecule has 0 saturated carbocycles. The van der Waals surface area contributed by atoms with E-state index < -0.39 is 0 Å². The van der Waals surface area contributed by atoms with Crippen molar-refractivity contribution in [3.8, 4) is 77.9 Å². The fraction of sp³-hybridized carbons (Fsp3) is 0. The van der Waals surface area contributed by atoms with E-state index in [0.29, 0.717) is 0 Å². The summed E-state index contributed by atoms with van der Waals surface area (Å²) in [5, 5.41) is 0. The maximum atomic E-state index is 2.50. The minimum absolute atomic E-state index is 1.06. The predicted molar refractivity (Wildman–Crippen MR) is 259 cm³/mol. The summed E-state index contributed by atoms with van der Waals surface area (Å²) in [6.07, 6.45) is 0. The Kier molecular flexibility index (Phi) is 10.4. The van der Waals surface area contributed by atoms with Gasteiger partial charge in [0.1, 0.15) is 0 Å². The summed E-state index contributed by atoms with van der Waals surface area (Å²) >= 11 is 0. The van der Waals surface area contributed by atoms with Gasteiger partial charge in [0.15, 0.2) is 0 Å². The lowest BCUT2D eigenvalue weighted by atomic mass is 9.87. The summed E-state index contributed by atoms with van der Waals surface area (Å²) in [7, 11) is 0. The Morgan fingerprint density at radius 2 is 0.525 bits per heavy atom. The van der Waals surface area contributed by atoms with Gasteiger partial charge in [-0.25, -0.2) is 0 Å². The number of hydrogen-bond donors (Lipinski definition) is 0. The highest BCUT2D eigenvalue weighted by molar-refractivity contribution is 6.05. The van der Waals surface area contributed by atoms with E-state index >= 15 is 0 Å². The van der Waals surface area contributed by atoms with E-state index in [0.717, 1.165) is 50.4 Å². The largest absolute Gasteiger partial charge is 0.309 e. The smallest absolute Gasteiger partial charge is 0.0624 e. The summed E-state index contributed by atoms with van der Waals surface area (Å²) in [6.45, 7) is 0. The van der Waals surface area contributed by atoms with Crippen LogP contribution in [0.3, 0.4) is 0 Å². The second kappa shape index (κ2) is 17.1. The van der Waals surface area contributed by atoms with Crippen LogP contribution in [0.2, 0.25) is 0 Å². The lowest BCUT2D eigenvalue weighted by Crippen LogP contribution is -2.14. The molecule has 0 amide bonds. The molecule has 1 nitrogen and oxygen atoms in total. The van der Waals surface area contributed by atoms with Crippen molar-refractivity contribution < 1.29 is 0 Å². The molecule has 1 heteroatoms. The second-order valence-electron chi connectivity index (χ2n) is 15.2. The highest BCUT2D eigenvalue weighted by Crippen LogP contribution is 2.52. The van der Waals surface area contributed by atoms with Gasteiger partial charge in [-0.1, -0.05) is 243 Å². The monoisotopic (exact) mass is 777 g/mol. The first kappa shape index (κ1) is 37.3. The van der Waals surface area contributed by atoms with Gasteiger partial charge in [-0.15, -0.1) is 0 Å². The molecule has 0 aromatic heterocycles. The number of hydrogen-bond acceptors (Lipinski definition) is 1. The Hall–Kier alpha value is -8.00. The van der Waals surface area contributed by atoms with Gasteiger partial charge in [-0.05, 0) is 79.4 Å². The molecule has 0 bridgehead atoms. The minimum atomic E-state index is 1.06. The van der Waals surface area contributed by atoms with Crippen LogP contribution in [-0.2, 0) is 0 Å². The van der Waals surface area contributed by atoms with E-state index in [1.54, 1.807) is 0 Å². The van der Waals surface area contributed by atoms with Crippen molar-refractivity contribution in [1.29, 1.82) is 0 Å². The number of nitrogens with zero attached hydrogens (tertiary/aromatic N) is 1. The molecule has 288 valence electrons. The molecular formula is C60H43N. The van der Waals surface area contributed by atoms with Gasteiger partial charge >= 0.3 is 0 Å². The van der Waals surface area contributed by atoms with Crippen LogP contribution in [0.1, 0.15) is 0 Å². The summed E-state index contributed by atoms with van der Waals surface area (Å²) in [5.41, 5.74) is 19.7. The zero-order chi connectivity index (χ0) is 40.8. The number of anilines is 3. The van der Waals surface area contributed by atoms with E-state index in [1.807, 2.05) is 0 Å². The van der Waals surface area contributed by atoms with Gasteiger partial charge in [0.2, 0.25) is 0 Å². The molecule has 0 N–H and O–H groups in total. The van der Waals surface area contributed by atoms with E-state index in [9.17, 15) is 0 Å². The van der Waals surface area contributed by atoms with Crippen LogP contribution in [0, 0.1) is 0 Å². The van der Waals surface area contributed by atoms with Crippen molar-refractivity contribution in [2.45, 2.75) is 0 Å². The molecule has 0 aliphatic rings. The molecule has 0 unspecified atom stereocenters. The van der Waals surface area contributed by atoms with Crippen molar-refractivity contribution in [1.82, 2.24) is 0 Å². The lowest BCUT2D eigenvalue weighted by Gasteiger charge is -2.33. The predicted octanol–water partition coefficient (Wildman–Crippen LogP) is 16.8. The molecule has 61 heavy (non-hydrogen) atoms. The molecule has 0 aliphatic heterocycles. The number of rotatable bonds is 10. The zero-order valence-electron chi connectivity index (χ0n) is 33.8. The molecule has 0 saturated heterocycles. The molecule has 0 atom stereocenters. The molecule has 10 aromatic rings. The Bertz CT molecular complexity index is 3030. The van der Waals surface area contributed by atoms with Gasteiger partial charge in [-0.3, -0.25) is 0 Å². The third-order valence-electron chi connectivity index (χ3n) is 11.5. The highest BCUT2D eigenvalue weighted by atomic mass is 15.2. The molecule has 10 aromatic carbocycles. The summed E-state index contributed by atoms with van der Waals surface area (Å²) in [4.78, 5) is 2.50. The van der Waals surface area contributed by atoms with E-state index in [-0.39, 0.29) is 0 Å². The van der Waals surface area contributed by atoms with Crippen LogP contribution in [0.4, 0.5) is 17.1 Å². The van der Waals surface area contributed by atoms with Gasteiger partial charge in [0.25, 0.3) is 0 Å². The SMILES string of the molecule is c1ccc(-c2ccccc2-c2ccccc2-c2ccc(N(c3ccccc3-c3ccccc3)c3c(-c4ccccc4)ccc(-c4ccccc4)c3-c3ccccc3)cc2)cc1. The Balaban J connectivity index is 1.23. The molecule has 0 heterocycles. The van der Waals surface area contributed by atoms with Crippen LogP contribution in [0.5, 0.6) is 0 Å². The average Bonchev–Trinajstić information content (AvgIpc) is 3.35. The van der Waals surface area contributed by atoms with Gasteiger partial charge < -0.3 is 4.90 Å². The topological polar surface area (TPSA) is 3.24 Å². The first-order chi connectivity index (χ1) is 30.3. The summed E-state index contributed by atoms with van der Waals surface area (Å²) < 4.78 is 0. The highest BCUT2D eigenvalue weighted by Gasteiger charge is 2.27. The number of benzene rings is 10. The van der Waals surface area contributed by atoms with Gasteiger partial charge in [-0.2, -0.15) is 0 Å². The number of para-hydroxylation sites is 1. The van der Waals surface area contributed by atoms with Crippen LogP contribution >= 0.6 is 0 Å². The maximum Gasteiger partial charge on any atom is 0.0624 e.